The third-order valence-corrected chi connectivity index (χ3v) is 11.7. The van der Waals surface area contributed by atoms with Crippen LogP contribution in [0.3, 0.4) is 0 Å². The lowest BCUT2D eigenvalue weighted by atomic mass is 9.38. The molecule has 0 heterocycles. The highest BCUT2D eigenvalue weighted by Crippen LogP contribution is 2.69. The van der Waals surface area contributed by atoms with Crippen molar-refractivity contribution in [1.29, 1.82) is 0 Å². The van der Waals surface area contributed by atoms with Gasteiger partial charge in [0.2, 0.25) is 5.91 Å². The summed E-state index contributed by atoms with van der Waals surface area (Å²) in [6.07, 6.45) is 11.0. The van der Waals surface area contributed by atoms with Crippen molar-refractivity contribution >= 4 is 17.4 Å². The number of carbonyl (C=O) groups excluding carboxylic acids is 2. The standard InChI is InChI=1S/C29H44N2O4/c1-17-20-9-13-29(4)21-8-12-27(2)11-7-18(26(33)31(5)34)15-22(27)19(21)16-24(32)25(29)28(20,3)14-10-23(17)30-35-6/h16-18,20-22,25,34H,7-15H2,1-6H3/b30-23+. The van der Waals surface area contributed by atoms with Crippen LogP contribution in [-0.2, 0) is 14.4 Å². The molecule has 4 fully saturated rings. The van der Waals surface area contributed by atoms with Crippen molar-refractivity contribution in [1.82, 2.24) is 5.06 Å². The van der Waals surface area contributed by atoms with E-state index < -0.39 is 0 Å². The lowest BCUT2D eigenvalue weighted by Crippen LogP contribution is -2.61. The van der Waals surface area contributed by atoms with Gasteiger partial charge in [0.25, 0.3) is 0 Å². The number of hydrogen-bond acceptors (Lipinski definition) is 5. The SMILES string of the molecule is CO/N=C1\CCC2(C)C(CCC3(C)C4CCC5(C)CCC(C(=O)N(C)O)CC5C4=CC(=O)C32)C1C. The molecule has 6 heteroatoms. The van der Waals surface area contributed by atoms with Crippen LogP contribution in [0.1, 0.15) is 85.5 Å². The molecule has 9 atom stereocenters. The Bertz CT molecular complexity index is 972. The van der Waals surface area contributed by atoms with E-state index in [-0.39, 0.29) is 39.9 Å². The Hall–Kier alpha value is -1.69. The summed E-state index contributed by atoms with van der Waals surface area (Å²) < 4.78 is 0. The highest BCUT2D eigenvalue weighted by Gasteiger charge is 2.64. The van der Waals surface area contributed by atoms with Crippen molar-refractivity contribution in [2.75, 3.05) is 14.2 Å². The summed E-state index contributed by atoms with van der Waals surface area (Å²) in [5.41, 5.74) is 2.56. The first-order valence-corrected chi connectivity index (χ1v) is 13.8. The van der Waals surface area contributed by atoms with Crippen LogP contribution in [0.4, 0.5) is 0 Å². The molecular weight excluding hydrogens is 440 g/mol. The second kappa shape index (κ2) is 8.43. The molecule has 5 rings (SSSR count). The van der Waals surface area contributed by atoms with Gasteiger partial charge in [-0.25, -0.2) is 5.06 Å². The van der Waals surface area contributed by atoms with Crippen molar-refractivity contribution in [3.8, 4) is 0 Å². The number of carbonyl (C=O) groups is 2. The van der Waals surface area contributed by atoms with E-state index in [1.54, 1.807) is 7.11 Å². The Morgan fingerprint density at radius 3 is 2.49 bits per heavy atom. The number of ketones is 1. The van der Waals surface area contributed by atoms with Crippen LogP contribution in [0.25, 0.3) is 0 Å². The molecule has 0 radical (unpaired) electrons. The Labute approximate surface area is 210 Å². The molecule has 5 aliphatic rings. The second-order valence-corrected chi connectivity index (χ2v) is 13.3. The minimum Gasteiger partial charge on any atom is -0.399 e. The summed E-state index contributed by atoms with van der Waals surface area (Å²) in [7, 11) is 3.06. The number of fused-ring (bicyclic) bond motifs is 7. The summed E-state index contributed by atoms with van der Waals surface area (Å²) in [6, 6.07) is 0. The first-order chi connectivity index (χ1) is 16.5. The van der Waals surface area contributed by atoms with E-state index in [9.17, 15) is 14.8 Å². The van der Waals surface area contributed by atoms with Crippen molar-refractivity contribution in [3.05, 3.63) is 11.6 Å². The molecule has 35 heavy (non-hydrogen) atoms. The normalized spacial score (nSPS) is 48.1. The van der Waals surface area contributed by atoms with Crippen LogP contribution in [0.5, 0.6) is 0 Å². The first kappa shape index (κ1) is 25.0. The van der Waals surface area contributed by atoms with Crippen LogP contribution in [0.2, 0.25) is 0 Å². The van der Waals surface area contributed by atoms with E-state index in [1.807, 2.05) is 6.08 Å². The van der Waals surface area contributed by atoms with Gasteiger partial charge in [0.1, 0.15) is 7.11 Å². The van der Waals surface area contributed by atoms with Gasteiger partial charge in [-0.2, -0.15) is 0 Å². The fraction of sp³-hybridized carbons (Fsp3) is 0.828. The highest BCUT2D eigenvalue weighted by atomic mass is 16.6. The molecular formula is C29H44N2O4. The Morgan fingerprint density at radius 1 is 1.09 bits per heavy atom. The van der Waals surface area contributed by atoms with Gasteiger partial charge in [-0.05, 0) is 97.9 Å². The average molecular weight is 485 g/mol. The van der Waals surface area contributed by atoms with Gasteiger partial charge in [-0.1, -0.05) is 38.4 Å². The fourth-order valence-electron chi connectivity index (χ4n) is 9.92. The molecule has 0 aromatic heterocycles. The number of amides is 1. The van der Waals surface area contributed by atoms with Crippen LogP contribution in [0.15, 0.2) is 16.8 Å². The van der Waals surface area contributed by atoms with Gasteiger partial charge in [0.05, 0.1) is 5.71 Å². The number of nitrogens with zero attached hydrogens (tertiary/aromatic N) is 2. The number of hydroxylamine groups is 2. The molecule has 1 N–H and O–H groups in total. The molecule has 5 aliphatic carbocycles. The molecule has 1 amide bonds. The third kappa shape index (κ3) is 3.56. The van der Waals surface area contributed by atoms with Gasteiger partial charge < -0.3 is 4.84 Å². The lowest BCUT2D eigenvalue weighted by molar-refractivity contribution is -0.168. The van der Waals surface area contributed by atoms with E-state index in [1.165, 1.54) is 12.6 Å². The Balaban J connectivity index is 1.51. The van der Waals surface area contributed by atoms with Crippen molar-refractivity contribution in [2.24, 2.45) is 56.9 Å². The molecule has 6 nitrogen and oxygen atoms in total. The molecule has 0 aliphatic heterocycles. The van der Waals surface area contributed by atoms with Gasteiger partial charge in [0, 0.05) is 24.8 Å². The average Bonchev–Trinajstić information content (AvgIpc) is 2.79. The molecule has 9 unspecified atom stereocenters. The minimum atomic E-state index is -0.182. The van der Waals surface area contributed by atoms with Crippen LogP contribution in [0, 0.1) is 51.8 Å². The zero-order chi connectivity index (χ0) is 25.3. The summed E-state index contributed by atoms with van der Waals surface area (Å²) in [5.74, 6) is 1.48. The van der Waals surface area contributed by atoms with Crippen molar-refractivity contribution in [3.63, 3.8) is 0 Å². The van der Waals surface area contributed by atoms with Crippen molar-refractivity contribution in [2.45, 2.75) is 85.5 Å². The number of hydrogen-bond donors (Lipinski definition) is 1. The molecule has 0 aromatic rings. The van der Waals surface area contributed by atoms with Crippen LogP contribution >= 0.6 is 0 Å². The maximum atomic E-state index is 14.1. The summed E-state index contributed by atoms with van der Waals surface area (Å²) >= 11 is 0. The van der Waals surface area contributed by atoms with Gasteiger partial charge >= 0.3 is 0 Å². The molecule has 4 saturated carbocycles. The Morgan fingerprint density at radius 2 is 1.80 bits per heavy atom. The minimum absolute atomic E-state index is 0.0241. The summed E-state index contributed by atoms with van der Waals surface area (Å²) in [5, 5.41) is 14.9. The molecule has 0 aromatic carbocycles. The summed E-state index contributed by atoms with van der Waals surface area (Å²) in [4.78, 5) is 31.9. The predicted octanol–water partition coefficient (Wildman–Crippen LogP) is 5.65. The van der Waals surface area contributed by atoms with E-state index >= 15 is 0 Å². The van der Waals surface area contributed by atoms with E-state index in [2.05, 4.69) is 32.9 Å². The maximum absolute atomic E-state index is 14.1. The quantitative estimate of drug-likeness (QED) is 0.406. The zero-order valence-electron chi connectivity index (χ0n) is 22.5. The first-order valence-electron chi connectivity index (χ1n) is 13.8. The monoisotopic (exact) mass is 484 g/mol. The van der Waals surface area contributed by atoms with Gasteiger partial charge in [0.15, 0.2) is 5.78 Å². The molecule has 0 saturated heterocycles. The zero-order valence-corrected chi connectivity index (χ0v) is 22.5. The molecule has 0 bridgehead atoms. The highest BCUT2D eigenvalue weighted by molar-refractivity contribution is 5.96. The molecule has 0 spiro atoms. The van der Waals surface area contributed by atoms with E-state index in [0.717, 1.165) is 68.6 Å². The van der Waals surface area contributed by atoms with Crippen LogP contribution in [-0.4, -0.2) is 41.8 Å². The maximum Gasteiger partial charge on any atom is 0.248 e. The van der Waals surface area contributed by atoms with E-state index in [4.69, 9.17) is 4.84 Å². The number of allylic oxidation sites excluding steroid dienone is 2. The lowest BCUT2D eigenvalue weighted by Gasteiger charge is -2.65. The van der Waals surface area contributed by atoms with Crippen LogP contribution < -0.4 is 0 Å². The third-order valence-electron chi connectivity index (χ3n) is 11.7. The molecule has 194 valence electrons. The smallest absolute Gasteiger partial charge is 0.248 e. The number of rotatable bonds is 2. The predicted molar refractivity (Wildman–Crippen MR) is 135 cm³/mol. The fourth-order valence-corrected chi connectivity index (χ4v) is 9.92. The van der Waals surface area contributed by atoms with Gasteiger partial charge in [-0.15, -0.1) is 0 Å². The Kier molecular flexibility index (Phi) is 6.01. The topological polar surface area (TPSA) is 79.2 Å². The van der Waals surface area contributed by atoms with Crippen molar-refractivity contribution < 1.29 is 19.6 Å². The van der Waals surface area contributed by atoms with Gasteiger partial charge in [-0.3, -0.25) is 14.8 Å². The van der Waals surface area contributed by atoms with E-state index in [0.29, 0.717) is 23.5 Å². The second-order valence-electron chi connectivity index (χ2n) is 13.3. The summed E-state index contributed by atoms with van der Waals surface area (Å²) in [6.45, 7) is 9.44. The number of oxime groups is 1. The largest absolute Gasteiger partial charge is 0.399 e.